The van der Waals surface area contributed by atoms with Crippen LogP contribution in [-0.4, -0.2) is 16.0 Å². The van der Waals surface area contributed by atoms with Gasteiger partial charge in [-0.3, -0.25) is 20.1 Å². The maximum absolute atomic E-state index is 10.9. The van der Waals surface area contributed by atoms with Gasteiger partial charge in [0.05, 0.1) is 4.92 Å². The number of carbonyl (C=O) groups is 1. The Morgan fingerprint density at radius 2 is 2.21 bits per heavy atom. The first kappa shape index (κ1) is 10.4. The standard InChI is InChI=1S/C7H5ClN2O4/c8-4-1-2-5(7(11)9-12)6(3-4)10(13)14/h1-3,12H,(H,9,11). The summed E-state index contributed by atoms with van der Waals surface area (Å²) in [5, 5.41) is 18.9. The second-order valence-corrected chi connectivity index (χ2v) is 2.80. The number of nitro benzene ring substituents is 1. The number of halogens is 1. The van der Waals surface area contributed by atoms with Gasteiger partial charge < -0.3 is 0 Å². The van der Waals surface area contributed by atoms with Gasteiger partial charge in [0.2, 0.25) is 0 Å². The zero-order valence-corrected chi connectivity index (χ0v) is 7.49. The summed E-state index contributed by atoms with van der Waals surface area (Å²) in [6.45, 7) is 0. The molecule has 7 heteroatoms. The third-order valence-corrected chi connectivity index (χ3v) is 1.74. The van der Waals surface area contributed by atoms with Gasteiger partial charge in [0.15, 0.2) is 0 Å². The third-order valence-electron chi connectivity index (χ3n) is 1.50. The van der Waals surface area contributed by atoms with Crippen LogP contribution in [-0.2, 0) is 0 Å². The minimum Gasteiger partial charge on any atom is -0.288 e. The third kappa shape index (κ3) is 1.98. The second kappa shape index (κ2) is 4.03. The predicted molar refractivity (Wildman–Crippen MR) is 47.4 cm³/mol. The molecule has 6 nitrogen and oxygen atoms in total. The molecule has 1 aromatic rings. The lowest BCUT2D eigenvalue weighted by Crippen LogP contribution is -2.19. The van der Waals surface area contributed by atoms with Crippen molar-refractivity contribution in [1.29, 1.82) is 0 Å². The summed E-state index contributed by atoms with van der Waals surface area (Å²) < 4.78 is 0. The van der Waals surface area contributed by atoms with Crippen molar-refractivity contribution in [3.05, 3.63) is 38.9 Å². The summed E-state index contributed by atoms with van der Waals surface area (Å²) in [6.07, 6.45) is 0. The number of hydrogen-bond donors (Lipinski definition) is 2. The number of rotatable bonds is 2. The Kier molecular flexibility index (Phi) is 3.00. The van der Waals surface area contributed by atoms with Crippen molar-refractivity contribution < 1.29 is 14.9 Å². The number of hydroxylamine groups is 1. The summed E-state index contributed by atoms with van der Waals surface area (Å²) in [5.41, 5.74) is 0.607. The summed E-state index contributed by atoms with van der Waals surface area (Å²) in [6, 6.07) is 3.51. The smallest absolute Gasteiger partial charge is 0.283 e. The van der Waals surface area contributed by atoms with Gasteiger partial charge in [-0.15, -0.1) is 0 Å². The van der Waals surface area contributed by atoms with Gasteiger partial charge in [-0.25, -0.2) is 5.48 Å². The molecule has 0 atom stereocenters. The summed E-state index contributed by atoms with van der Waals surface area (Å²) in [5.74, 6) is -0.951. The number of benzene rings is 1. The molecule has 0 aromatic heterocycles. The molecule has 74 valence electrons. The molecule has 1 aromatic carbocycles. The van der Waals surface area contributed by atoms with E-state index in [0.717, 1.165) is 12.1 Å². The van der Waals surface area contributed by atoms with Crippen LogP contribution in [0.4, 0.5) is 5.69 Å². The first-order valence-corrected chi connectivity index (χ1v) is 3.82. The number of amides is 1. The van der Waals surface area contributed by atoms with Gasteiger partial charge in [0.1, 0.15) is 5.56 Å². The molecule has 0 spiro atoms. The Morgan fingerprint density at radius 1 is 1.57 bits per heavy atom. The van der Waals surface area contributed by atoms with Crippen LogP contribution in [0.1, 0.15) is 10.4 Å². The minimum atomic E-state index is -0.951. The molecule has 0 aliphatic rings. The van der Waals surface area contributed by atoms with Crippen LogP contribution >= 0.6 is 11.6 Å². The molecule has 1 amide bonds. The summed E-state index contributed by atoms with van der Waals surface area (Å²) in [7, 11) is 0. The summed E-state index contributed by atoms with van der Waals surface area (Å²) in [4.78, 5) is 20.7. The van der Waals surface area contributed by atoms with Crippen LogP contribution in [0.15, 0.2) is 18.2 Å². The average Bonchev–Trinajstić information content (AvgIpc) is 2.16. The minimum absolute atomic E-state index is 0.145. The normalized spacial score (nSPS) is 9.57. The predicted octanol–water partition coefficient (Wildman–Crippen LogP) is 1.37. The molecule has 0 bridgehead atoms. The molecular formula is C7H5ClN2O4. The van der Waals surface area contributed by atoms with Crippen molar-refractivity contribution in [2.24, 2.45) is 0 Å². The molecule has 0 aliphatic carbocycles. The monoisotopic (exact) mass is 216 g/mol. The molecule has 0 heterocycles. The Balaban J connectivity index is 3.28. The van der Waals surface area contributed by atoms with Crippen LogP contribution in [0.3, 0.4) is 0 Å². The number of nitrogens with one attached hydrogen (secondary N) is 1. The van der Waals surface area contributed by atoms with Crippen LogP contribution in [0.5, 0.6) is 0 Å². The molecule has 0 unspecified atom stereocenters. The Hall–Kier alpha value is -1.66. The van der Waals surface area contributed by atoms with Gasteiger partial charge in [0.25, 0.3) is 11.6 Å². The van der Waals surface area contributed by atoms with Crippen LogP contribution in [0, 0.1) is 10.1 Å². The van der Waals surface area contributed by atoms with Crippen molar-refractivity contribution in [2.45, 2.75) is 0 Å². The van der Waals surface area contributed by atoms with E-state index in [1.807, 2.05) is 0 Å². The van der Waals surface area contributed by atoms with E-state index < -0.39 is 16.5 Å². The zero-order chi connectivity index (χ0) is 10.7. The van der Waals surface area contributed by atoms with E-state index in [0.29, 0.717) is 0 Å². The fourth-order valence-corrected chi connectivity index (χ4v) is 1.07. The van der Waals surface area contributed by atoms with Crippen LogP contribution in [0.2, 0.25) is 5.02 Å². The molecule has 2 N–H and O–H groups in total. The SMILES string of the molecule is O=C(NO)c1ccc(Cl)cc1[N+](=O)[O-]. The zero-order valence-electron chi connectivity index (χ0n) is 6.73. The maximum Gasteiger partial charge on any atom is 0.283 e. The van der Waals surface area contributed by atoms with Crippen molar-refractivity contribution in [3.8, 4) is 0 Å². The van der Waals surface area contributed by atoms with Crippen molar-refractivity contribution in [1.82, 2.24) is 5.48 Å². The number of nitrogens with zero attached hydrogens (tertiary/aromatic N) is 1. The molecule has 0 aliphatic heterocycles. The van der Waals surface area contributed by atoms with Crippen molar-refractivity contribution >= 4 is 23.2 Å². The molecule has 0 radical (unpaired) electrons. The van der Waals surface area contributed by atoms with Crippen molar-refractivity contribution in [2.75, 3.05) is 0 Å². The van der Waals surface area contributed by atoms with E-state index in [-0.39, 0.29) is 10.6 Å². The molecule has 1 rings (SSSR count). The van der Waals surface area contributed by atoms with E-state index in [9.17, 15) is 14.9 Å². The maximum atomic E-state index is 10.9. The first-order chi connectivity index (χ1) is 6.56. The topological polar surface area (TPSA) is 92.5 Å². The number of carbonyl (C=O) groups excluding carboxylic acids is 1. The Labute approximate surface area is 83.2 Å². The fourth-order valence-electron chi connectivity index (χ4n) is 0.908. The Bertz CT molecular complexity index is 393. The van der Waals surface area contributed by atoms with E-state index in [4.69, 9.17) is 16.8 Å². The van der Waals surface area contributed by atoms with Crippen LogP contribution in [0.25, 0.3) is 0 Å². The van der Waals surface area contributed by atoms with E-state index >= 15 is 0 Å². The van der Waals surface area contributed by atoms with E-state index in [1.54, 1.807) is 0 Å². The van der Waals surface area contributed by atoms with Gasteiger partial charge in [-0.1, -0.05) is 11.6 Å². The molecular weight excluding hydrogens is 212 g/mol. The molecule has 14 heavy (non-hydrogen) atoms. The first-order valence-electron chi connectivity index (χ1n) is 3.44. The lowest BCUT2D eigenvalue weighted by atomic mass is 10.2. The quantitative estimate of drug-likeness (QED) is 0.444. The average molecular weight is 217 g/mol. The number of hydrogen-bond acceptors (Lipinski definition) is 4. The fraction of sp³-hybridized carbons (Fsp3) is 0. The molecule has 0 saturated heterocycles. The highest BCUT2D eigenvalue weighted by Crippen LogP contribution is 2.22. The summed E-state index contributed by atoms with van der Waals surface area (Å²) >= 11 is 5.51. The van der Waals surface area contributed by atoms with Gasteiger partial charge in [-0.05, 0) is 12.1 Å². The van der Waals surface area contributed by atoms with E-state index in [2.05, 4.69) is 0 Å². The Morgan fingerprint density at radius 3 is 2.71 bits per heavy atom. The van der Waals surface area contributed by atoms with Gasteiger partial charge in [-0.2, -0.15) is 0 Å². The molecule has 0 saturated carbocycles. The van der Waals surface area contributed by atoms with Gasteiger partial charge >= 0.3 is 0 Å². The van der Waals surface area contributed by atoms with E-state index in [1.165, 1.54) is 11.5 Å². The highest BCUT2D eigenvalue weighted by atomic mass is 35.5. The highest BCUT2D eigenvalue weighted by molar-refractivity contribution is 6.31. The highest BCUT2D eigenvalue weighted by Gasteiger charge is 2.19. The lowest BCUT2D eigenvalue weighted by molar-refractivity contribution is -0.385. The second-order valence-electron chi connectivity index (χ2n) is 2.36. The van der Waals surface area contributed by atoms with Crippen molar-refractivity contribution in [3.63, 3.8) is 0 Å². The number of nitro groups is 1. The lowest BCUT2D eigenvalue weighted by Gasteiger charge is -2.00. The largest absolute Gasteiger partial charge is 0.288 e. The van der Waals surface area contributed by atoms with Gasteiger partial charge in [0, 0.05) is 11.1 Å². The van der Waals surface area contributed by atoms with Crippen LogP contribution < -0.4 is 5.48 Å². The molecule has 0 fully saturated rings.